The number of hydrogen-bond acceptors (Lipinski definition) is 3. The van der Waals surface area contributed by atoms with E-state index in [1.807, 2.05) is 0 Å². The topological polar surface area (TPSA) is 78.5 Å². The van der Waals surface area contributed by atoms with Gasteiger partial charge in [-0.2, -0.15) is 0 Å². The van der Waals surface area contributed by atoms with Gasteiger partial charge in [-0.15, -0.1) is 0 Å². The van der Waals surface area contributed by atoms with Crippen LogP contribution in [0.1, 0.15) is 47.0 Å². The molecule has 0 bridgehead atoms. The highest BCUT2D eigenvalue weighted by molar-refractivity contribution is 6.09. The van der Waals surface area contributed by atoms with Crippen LogP contribution in [0.4, 0.5) is 4.79 Å². The van der Waals surface area contributed by atoms with E-state index in [1.165, 1.54) is 0 Å². The number of carbonyl (C=O) groups is 3. The van der Waals surface area contributed by atoms with Crippen molar-refractivity contribution in [2.45, 2.75) is 52.5 Å². The Morgan fingerprint density at radius 2 is 2.05 bits per heavy atom. The number of rotatable bonds is 3. The molecule has 1 heterocycles. The average Bonchev–Trinajstić information content (AvgIpc) is 2.51. The second-order valence-electron chi connectivity index (χ2n) is 7.21. The summed E-state index contributed by atoms with van der Waals surface area (Å²) in [5, 5.41) is 5.48. The van der Waals surface area contributed by atoms with Crippen molar-refractivity contribution < 1.29 is 14.4 Å². The van der Waals surface area contributed by atoms with Crippen molar-refractivity contribution in [1.29, 1.82) is 0 Å². The van der Waals surface area contributed by atoms with Gasteiger partial charge in [0.2, 0.25) is 5.91 Å². The van der Waals surface area contributed by atoms with Gasteiger partial charge in [-0.25, -0.2) is 4.79 Å². The molecule has 0 radical (unpaired) electrons. The first-order valence-corrected chi connectivity index (χ1v) is 7.60. The molecule has 1 saturated carbocycles. The van der Waals surface area contributed by atoms with Gasteiger partial charge in [-0.3, -0.25) is 14.5 Å². The van der Waals surface area contributed by atoms with Crippen molar-refractivity contribution in [1.82, 2.24) is 15.5 Å². The molecule has 2 fully saturated rings. The van der Waals surface area contributed by atoms with Crippen molar-refractivity contribution in [2.24, 2.45) is 11.3 Å². The fraction of sp³-hybridized carbons (Fsp3) is 0.800. The molecule has 2 unspecified atom stereocenters. The van der Waals surface area contributed by atoms with Gasteiger partial charge in [0.15, 0.2) is 0 Å². The quantitative estimate of drug-likeness (QED) is 0.769. The van der Waals surface area contributed by atoms with E-state index in [2.05, 4.69) is 31.4 Å². The molecule has 2 atom stereocenters. The smallest absolute Gasteiger partial charge is 0.325 e. The van der Waals surface area contributed by atoms with Gasteiger partial charge >= 0.3 is 6.03 Å². The Labute approximate surface area is 125 Å². The van der Waals surface area contributed by atoms with Crippen LogP contribution < -0.4 is 10.6 Å². The first-order valence-electron chi connectivity index (χ1n) is 7.60. The van der Waals surface area contributed by atoms with Crippen molar-refractivity contribution in [2.75, 3.05) is 13.1 Å². The molecule has 1 saturated heterocycles. The summed E-state index contributed by atoms with van der Waals surface area (Å²) in [7, 11) is 0. The number of urea groups is 1. The highest BCUT2D eigenvalue weighted by Crippen LogP contribution is 2.46. The van der Waals surface area contributed by atoms with Crippen LogP contribution >= 0.6 is 0 Å². The van der Waals surface area contributed by atoms with Gasteiger partial charge in [0.1, 0.15) is 12.1 Å². The molecule has 21 heavy (non-hydrogen) atoms. The Hall–Kier alpha value is -1.59. The third kappa shape index (κ3) is 3.04. The average molecular weight is 295 g/mol. The molecule has 2 rings (SSSR count). The Morgan fingerprint density at radius 3 is 2.62 bits per heavy atom. The molecular weight excluding hydrogens is 270 g/mol. The van der Waals surface area contributed by atoms with Gasteiger partial charge in [0.25, 0.3) is 5.91 Å². The van der Waals surface area contributed by atoms with Gasteiger partial charge < -0.3 is 10.6 Å². The third-order valence-corrected chi connectivity index (χ3v) is 4.30. The van der Waals surface area contributed by atoms with Crippen LogP contribution in [0.3, 0.4) is 0 Å². The third-order valence-electron chi connectivity index (χ3n) is 4.30. The van der Waals surface area contributed by atoms with E-state index < -0.39 is 11.6 Å². The maximum Gasteiger partial charge on any atom is 0.325 e. The SMILES string of the molecule is CCNC(=O)CN1C(=O)NC2(CC(C)CC(C)(C)C2)C1=O. The predicted molar refractivity (Wildman–Crippen MR) is 78.5 cm³/mol. The molecule has 0 aromatic carbocycles. The van der Waals surface area contributed by atoms with E-state index in [4.69, 9.17) is 0 Å². The molecule has 2 aliphatic rings. The van der Waals surface area contributed by atoms with Crippen LogP contribution in [-0.2, 0) is 9.59 Å². The summed E-state index contributed by atoms with van der Waals surface area (Å²) >= 11 is 0. The summed E-state index contributed by atoms with van der Waals surface area (Å²) in [6.07, 6.45) is 2.31. The summed E-state index contributed by atoms with van der Waals surface area (Å²) in [5.74, 6) is -0.193. The molecule has 118 valence electrons. The Kier molecular flexibility index (Phi) is 4.00. The molecule has 0 aromatic rings. The van der Waals surface area contributed by atoms with Gasteiger partial charge in [0, 0.05) is 6.54 Å². The van der Waals surface area contributed by atoms with Gasteiger partial charge in [0.05, 0.1) is 0 Å². The van der Waals surface area contributed by atoms with Crippen LogP contribution in [0.2, 0.25) is 0 Å². The number of nitrogens with zero attached hydrogens (tertiary/aromatic N) is 1. The molecule has 1 spiro atoms. The Balaban J connectivity index is 2.18. The van der Waals surface area contributed by atoms with Crippen LogP contribution in [0.25, 0.3) is 0 Å². The number of amides is 4. The number of hydrogen-bond donors (Lipinski definition) is 2. The van der Waals surface area contributed by atoms with Crippen molar-refractivity contribution in [3.05, 3.63) is 0 Å². The summed E-state index contributed by atoms with van der Waals surface area (Å²) in [4.78, 5) is 37.6. The van der Waals surface area contributed by atoms with Crippen molar-refractivity contribution >= 4 is 17.8 Å². The highest BCUT2D eigenvalue weighted by Gasteiger charge is 2.56. The number of carbonyl (C=O) groups excluding carboxylic acids is 3. The lowest BCUT2D eigenvalue weighted by atomic mass is 9.64. The van der Waals surface area contributed by atoms with Crippen LogP contribution in [-0.4, -0.2) is 41.4 Å². The van der Waals surface area contributed by atoms with E-state index >= 15 is 0 Å². The van der Waals surface area contributed by atoms with Crippen LogP contribution in [0, 0.1) is 11.3 Å². The summed E-state index contributed by atoms with van der Waals surface area (Å²) < 4.78 is 0. The zero-order valence-electron chi connectivity index (χ0n) is 13.3. The van der Waals surface area contributed by atoms with E-state index in [0.717, 1.165) is 11.3 Å². The monoisotopic (exact) mass is 295 g/mol. The largest absolute Gasteiger partial charge is 0.355 e. The second-order valence-corrected chi connectivity index (χ2v) is 7.21. The molecular formula is C15H25N3O3. The summed E-state index contributed by atoms with van der Waals surface area (Å²) in [6.45, 7) is 8.44. The van der Waals surface area contributed by atoms with Crippen molar-refractivity contribution in [3.63, 3.8) is 0 Å². The van der Waals surface area contributed by atoms with Crippen LogP contribution in [0.5, 0.6) is 0 Å². The summed E-state index contributed by atoms with van der Waals surface area (Å²) in [5.41, 5.74) is -0.826. The maximum absolute atomic E-state index is 12.7. The molecule has 1 aliphatic carbocycles. The standard InChI is InChI=1S/C15H25N3O3/c1-5-16-11(19)8-18-12(20)15(17-13(18)21)7-10(2)6-14(3,4)9-15/h10H,5-9H2,1-4H3,(H,16,19)(H,17,21). The number of imide groups is 1. The van der Waals surface area contributed by atoms with Gasteiger partial charge in [-0.1, -0.05) is 20.8 Å². The molecule has 6 nitrogen and oxygen atoms in total. The minimum atomic E-state index is -0.829. The van der Waals surface area contributed by atoms with E-state index in [-0.39, 0.29) is 23.8 Å². The van der Waals surface area contributed by atoms with Crippen molar-refractivity contribution in [3.8, 4) is 0 Å². The molecule has 2 N–H and O–H groups in total. The normalized spacial score (nSPS) is 31.4. The Bertz CT molecular complexity index is 475. The van der Waals surface area contributed by atoms with E-state index in [0.29, 0.717) is 25.3 Å². The highest BCUT2D eigenvalue weighted by atomic mass is 16.2. The van der Waals surface area contributed by atoms with Gasteiger partial charge in [-0.05, 0) is 37.5 Å². The van der Waals surface area contributed by atoms with Crippen LogP contribution in [0.15, 0.2) is 0 Å². The second kappa shape index (κ2) is 5.31. The molecule has 4 amide bonds. The van der Waals surface area contributed by atoms with E-state index in [9.17, 15) is 14.4 Å². The van der Waals surface area contributed by atoms with E-state index in [1.54, 1.807) is 6.92 Å². The first kappa shape index (κ1) is 15.8. The number of nitrogens with one attached hydrogen (secondary N) is 2. The fourth-order valence-electron chi connectivity index (χ4n) is 4.05. The zero-order valence-corrected chi connectivity index (χ0v) is 13.3. The minimum Gasteiger partial charge on any atom is -0.355 e. The lowest BCUT2D eigenvalue weighted by Gasteiger charge is -2.43. The predicted octanol–water partition coefficient (Wildman–Crippen LogP) is 1.26. The maximum atomic E-state index is 12.7. The first-order chi connectivity index (χ1) is 9.69. The molecule has 1 aliphatic heterocycles. The fourth-order valence-corrected chi connectivity index (χ4v) is 4.05. The molecule has 0 aromatic heterocycles. The molecule has 6 heteroatoms. The Morgan fingerprint density at radius 1 is 1.38 bits per heavy atom. The number of likely N-dealkylation sites (N-methyl/N-ethyl adjacent to an activating group) is 1. The lowest BCUT2D eigenvalue weighted by molar-refractivity contribution is -0.137. The zero-order chi connectivity index (χ0) is 15.8. The minimum absolute atomic E-state index is 0.00228. The lowest BCUT2D eigenvalue weighted by Crippen LogP contribution is -2.54. The summed E-state index contributed by atoms with van der Waals surface area (Å²) in [6, 6.07) is -0.448.